The van der Waals surface area contributed by atoms with Gasteiger partial charge in [-0.3, -0.25) is 4.90 Å². The van der Waals surface area contributed by atoms with Gasteiger partial charge in [0.15, 0.2) is 0 Å². The highest BCUT2D eigenvalue weighted by atomic mass is 16.3. The summed E-state index contributed by atoms with van der Waals surface area (Å²) in [5.74, 6) is 1.10. The van der Waals surface area contributed by atoms with E-state index in [1.165, 1.54) is 0 Å². The van der Waals surface area contributed by atoms with Gasteiger partial charge in [0.25, 0.3) is 0 Å². The monoisotopic (exact) mass is 271 g/mol. The fourth-order valence-corrected chi connectivity index (χ4v) is 2.94. The van der Waals surface area contributed by atoms with Crippen molar-refractivity contribution in [2.45, 2.75) is 18.4 Å². The van der Waals surface area contributed by atoms with Gasteiger partial charge in [-0.05, 0) is 12.0 Å². The Bertz CT molecular complexity index is 566. The number of aryl methyl sites for hydroxylation is 1. The quantitative estimate of drug-likeness (QED) is 0.917. The highest BCUT2D eigenvalue weighted by Gasteiger charge is 2.37. The van der Waals surface area contributed by atoms with Gasteiger partial charge >= 0.3 is 0 Å². The fourth-order valence-electron chi connectivity index (χ4n) is 2.94. The molecule has 3 rings (SSSR count). The topological polar surface area (TPSA) is 41.3 Å². The number of benzene rings is 1. The summed E-state index contributed by atoms with van der Waals surface area (Å²) in [6.07, 6.45) is 5.53. The normalized spacial score (nSPS) is 23.3. The van der Waals surface area contributed by atoms with Crippen LogP contribution in [0.2, 0.25) is 0 Å². The van der Waals surface area contributed by atoms with Crippen molar-refractivity contribution in [1.82, 2.24) is 14.5 Å². The van der Waals surface area contributed by atoms with Gasteiger partial charge in [-0.25, -0.2) is 4.98 Å². The maximum atomic E-state index is 10.8. The number of β-amino-alcohol motifs (C(OH)–C–C–N with tert-alkyl or cyclic N) is 1. The van der Waals surface area contributed by atoms with Crippen molar-refractivity contribution in [1.29, 1.82) is 0 Å². The van der Waals surface area contributed by atoms with Crippen molar-refractivity contribution in [3.63, 3.8) is 0 Å². The van der Waals surface area contributed by atoms with Crippen molar-refractivity contribution in [2.75, 3.05) is 19.6 Å². The third-order valence-corrected chi connectivity index (χ3v) is 4.21. The number of aromatic nitrogens is 2. The summed E-state index contributed by atoms with van der Waals surface area (Å²) in [6, 6.07) is 10.00. The van der Waals surface area contributed by atoms with Crippen LogP contribution in [0, 0.1) is 0 Å². The highest BCUT2D eigenvalue weighted by molar-refractivity contribution is 5.24. The summed E-state index contributed by atoms with van der Waals surface area (Å²) in [4.78, 5) is 6.67. The molecule has 1 aliphatic rings. The van der Waals surface area contributed by atoms with Crippen molar-refractivity contribution in [2.24, 2.45) is 7.05 Å². The van der Waals surface area contributed by atoms with Gasteiger partial charge in [0.1, 0.15) is 11.4 Å². The van der Waals surface area contributed by atoms with Crippen LogP contribution in [0.4, 0.5) is 0 Å². The average molecular weight is 271 g/mol. The van der Waals surface area contributed by atoms with E-state index >= 15 is 0 Å². The number of likely N-dealkylation sites (tertiary alicyclic amines) is 1. The largest absolute Gasteiger partial charge is 0.384 e. The van der Waals surface area contributed by atoms with Crippen LogP contribution in [0.25, 0.3) is 0 Å². The summed E-state index contributed by atoms with van der Waals surface area (Å²) in [5.41, 5.74) is 0.336. The zero-order valence-electron chi connectivity index (χ0n) is 11.9. The molecular formula is C16H21N3O. The lowest BCUT2D eigenvalue weighted by atomic mass is 9.93. The van der Waals surface area contributed by atoms with Gasteiger partial charge in [0, 0.05) is 45.5 Å². The maximum absolute atomic E-state index is 10.8. The van der Waals surface area contributed by atoms with Gasteiger partial charge in [0.2, 0.25) is 0 Å². The first kappa shape index (κ1) is 13.3. The van der Waals surface area contributed by atoms with Crippen LogP contribution < -0.4 is 0 Å². The fraction of sp³-hybridized carbons (Fsp3) is 0.438. The van der Waals surface area contributed by atoms with Crippen LogP contribution in [0.5, 0.6) is 0 Å². The Morgan fingerprint density at radius 1 is 1.30 bits per heavy atom. The second-order valence-electron chi connectivity index (χ2n) is 5.63. The highest BCUT2D eigenvalue weighted by Crippen LogP contribution is 2.31. The number of imidazole rings is 1. The number of rotatable bonds is 4. The van der Waals surface area contributed by atoms with E-state index < -0.39 is 5.60 Å². The van der Waals surface area contributed by atoms with Crippen LogP contribution in [-0.2, 0) is 19.1 Å². The molecule has 1 saturated heterocycles. The molecule has 1 aromatic heterocycles. The molecule has 2 aromatic rings. The zero-order valence-corrected chi connectivity index (χ0v) is 11.9. The lowest BCUT2D eigenvalue weighted by molar-refractivity contribution is 0.0462. The minimum Gasteiger partial charge on any atom is -0.384 e. The third-order valence-electron chi connectivity index (χ3n) is 4.21. The second kappa shape index (κ2) is 5.38. The Kier molecular flexibility index (Phi) is 3.59. The molecule has 0 saturated carbocycles. The van der Waals surface area contributed by atoms with Crippen LogP contribution >= 0.6 is 0 Å². The molecule has 0 amide bonds. The Balaban J connectivity index is 1.61. The van der Waals surface area contributed by atoms with Crippen molar-refractivity contribution in [3.8, 4) is 0 Å². The van der Waals surface area contributed by atoms with E-state index in [0.29, 0.717) is 6.54 Å². The molecular weight excluding hydrogens is 250 g/mol. The van der Waals surface area contributed by atoms with Crippen LogP contribution in [-0.4, -0.2) is 39.2 Å². The molecule has 1 atom stereocenters. The van der Waals surface area contributed by atoms with E-state index in [4.69, 9.17) is 0 Å². The number of aliphatic hydroxyl groups is 1. The third kappa shape index (κ3) is 2.62. The standard InChI is InChI=1S/C16H21N3O/c1-18-12-9-17-15(18)7-10-19-11-8-16(20,13-19)14-5-3-2-4-6-14/h2-6,9,12,20H,7-8,10-11,13H2,1H3/t16-/m1/s1. The molecule has 2 heterocycles. The zero-order chi connectivity index (χ0) is 14.0. The Labute approximate surface area is 119 Å². The van der Waals surface area contributed by atoms with Gasteiger partial charge in [-0.1, -0.05) is 30.3 Å². The van der Waals surface area contributed by atoms with Gasteiger partial charge in [-0.15, -0.1) is 0 Å². The van der Waals surface area contributed by atoms with E-state index in [9.17, 15) is 5.11 Å². The van der Waals surface area contributed by atoms with E-state index in [1.807, 2.05) is 49.8 Å². The van der Waals surface area contributed by atoms with Crippen LogP contribution in [0.15, 0.2) is 42.7 Å². The molecule has 0 unspecified atom stereocenters. The smallest absolute Gasteiger partial charge is 0.109 e. The molecule has 1 fully saturated rings. The van der Waals surface area contributed by atoms with Gasteiger partial charge in [0.05, 0.1) is 0 Å². The molecule has 1 aliphatic heterocycles. The number of hydrogen-bond donors (Lipinski definition) is 1. The predicted molar refractivity (Wildman–Crippen MR) is 78.3 cm³/mol. The molecule has 4 heteroatoms. The van der Waals surface area contributed by atoms with Crippen molar-refractivity contribution in [3.05, 3.63) is 54.1 Å². The molecule has 106 valence electrons. The summed E-state index contributed by atoms with van der Waals surface area (Å²) in [7, 11) is 2.02. The second-order valence-corrected chi connectivity index (χ2v) is 5.63. The summed E-state index contributed by atoms with van der Waals surface area (Å²) < 4.78 is 2.06. The molecule has 0 radical (unpaired) electrons. The summed E-state index contributed by atoms with van der Waals surface area (Å²) >= 11 is 0. The Morgan fingerprint density at radius 2 is 2.10 bits per heavy atom. The first-order valence-electron chi connectivity index (χ1n) is 7.14. The molecule has 0 bridgehead atoms. The van der Waals surface area contributed by atoms with Crippen LogP contribution in [0.3, 0.4) is 0 Å². The Morgan fingerprint density at radius 3 is 2.80 bits per heavy atom. The average Bonchev–Trinajstić information content (AvgIpc) is 3.05. The minimum atomic E-state index is -0.692. The Hall–Kier alpha value is -1.65. The lowest BCUT2D eigenvalue weighted by Gasteiger charge is -2.24. The van der Waals surface area contributed by atoms with E-state index in [2.05, 4.69) is 14.5 Å². The molecule has 1 aromatic carbocycles. The molecule has 20 heavy (non-hydrogen) atoms. The van der Waals surface area contributed by atoms with E-state index in [0.717, 1.165) is 37.3 Å². The lowest BCUT2D eigenvalue weighted by Crippen LogP contribution is -2.32. The molecule has 0 spiro atoms. The van der Waals surface area contributed by atoms with E-state index in [1.54, 1.807) is 0 Å². The van der Waals surface area contributed by atoms with Crippen LogP contribution in [0.1, 0.15) is 17.8 Å². The summed E-state index contributed by atoms with van der Waals surface area (Å²) in [5, 5.41) is 10.8. The molecule has 1 N–H and O–H groups in total. The first-order valence-corrected chi connectivity index (χ1v) is 7.14. The van der Waals surface area contributed by atoms with Gasteiger partial charge < -0.3 is 9.67 Å². The molecule has 0 aliphatic carbocycles. The predicted octanol–water partition coefficient (Wildman–Crippen LogP) is 1.56. The van der Waals surface area contributed by atoms with Crippen molar-refractivity contribution < 1.29 is 5.11 Å². The minimum absolute atomic E-state index is 0.692. The maximum Gasteiger partial charge on any atom is 0.109 e. The molecule has 4 nitrogen and oxygen atoms in total. The number of nitrogens with zero attached hydrogens (tertiary/aromatic N) is 3. The SMILES string of the molecule is Cn1ccnc1CCN1CC[C@](O)(c2ccccc2)C1. The van der Waals surface area contributed by atoms with E-state index in [-0.39, 0.29) is 0 Å². The number of hydrogen-bond acceptors (Lipinski definition) is 3. The van der Waals surface area contributed by atoms with Crippen molar-refractivity contribution >= 4 is 0 Å². The first-order chi connectivity index (χ1) is 9.67. The summed E-state index contributed by atoms with van der Waals surface area (Å²) in [6.45, 7) is 2.59. The van der Waals surface area contributed by atoms with Gasteiger partial charge in [-0.2, -0.15) is 0 Å².